The van der Waals surface area contributed by atoms with Crippen LogP contribution in [0.4, 0.5) is 5.69 Å². The van der Waals surface area contributed by atoms with E-state index in [4.69, 9.17) is 4.74 Å². The Morgan fingerprint density at radius 1 is 1.08 bits per heavy atom. The van der Waals surface area contributed by atoms with Crippen LogP contribution in [-0.4, -0.2) is 27.5 Å². The maximum atomic E-state index is 13.0. The van der Waals surface area contributed by atoms with Crippen molar-refractivity contribution in [1.82, 2.24) is 0 Å². The van der Waals surface area contributed by atoms with Crippen LogP contribution in [0.2, 0.25) is 0 Å². The molecule has 7 heteroatoms. The van der Waals surface area contributed by atoms with E-state index in [1.54, 1.807) is 43.3 Å². The summed E-state index contributed by atoms with van der Waals surface area (Å²) in [6.45, 7) is 3.40. The summed E-state index contributed by atoms with van der Waals surface area (Å²) in [6.07, 6.45) is 0. The molecule has 0 aromatic heterocycles. The molecule has 0 amide bonds. The van der Waals surface area contributed by atoms with Gasteiger partial charge in [0.05, 0.1) is 17.2 Å². The molecule has 0 atom stereocenters. The molecule has 128 valence electrons. The van der Waals surface area contributed by atoms with E-state index in [9.17, 15) is 13.2 Å². The van der Waals surface area contributed by atoms with Crippen LogP contribution in [0.3, 0.4) is 0 Å². The van der Waals surface area contributed by atoms with Crippen LogP contribution in [0.1, 0.15) is 12.5 Å². The Morgan fingerprint density at radius 3 is 2.21 bits per heavy atom. The molecule has 0 spiro atoms. The van der Waals surface area contributed by atoms with E-state index in [0.29, 0.717) is 5.69 Å². The van der Waals surface area contributed by atoms with Crippen LogP contribution in [0.5, 0.6) is 0 Å². The summed E-state index contributed by atoms with van der Waals surface area (Å²) in [6, 6.07) is 13.2. The van der Waals surface area contributed by atoms with Gasteiger partial charge in [-0.25, -0.2) is 8.42 Å². The number of ether oxygens (including phenoxy) is 1. The lowest BCUT2D eigenvalue weighted by Crippen LogP contribution is -2.36. The molecule has 0 aliphatic rings. The SMILES string of the molecule is CCOC(=O)CN(c1ccc(C)cc1)S(=O)(=O)c1ccc(Br)cc1. The van der Waals surface area contributed by atoms with Gasteiger partial charge in [-0.1, -0.05) is 33.6 Å². The second-order valence-electron chi connectivity index (χ2n) is 5.11. The highest BCUT2D eigenvalue weighted by Crippen LogP contribution is 2.25. The zero-order valence-electron chi connectivity index (χ0n) is 13.4. The Balaban J connectivity index is 2.45. The lowest BCUT2D eigenvalue weighted by atomic mass is 10.2. The summed E-state index contributed by atoms with van der Waals surface area (Å²) in [5.74, 6) is -0.598. The van der Waals surface area contributed by atoms with Crippen molar-refractivity contribution in [3.8, 4) is 0 Å². The third-order valence-corrected chi connectivity index (χ3v) is 5.62. The molecule has 0 fully saturated rings. The summed E-state index contributed by atoms with van der Waals surface area (Å²) < 4.78 is 32.7. The van der Waals surface area contributed by atoms with Gasteiger partial charge in [-0.15, -0.1) is 0 Å². The Hall–Kier alpha value is -1.86. The van der Waals surface area contributed by atoms with Crippen LogP contribution in [-0.2, 0) is 19.6 Å². The fraction of sp³-hybridized carbons (Fsp3) is 0.235. The van der Waals surface area contributed by atoms with E-state index in [1.165, 1.54) is 12.1 Å². The van der Waals surface area contributed by atoms with Crippen molar-refractivity contribution < 1.29 is 17.9 Å². The average Bonchev–Trinajstić information content (AvgIpc) is 2.54. The van der Waals surface area contributed by atoms with E-state index < -0.39 is 16.0 Å². The maximum Gasteiger partial charge on any atom is 0.326 e. The van der Waals surface area contributed by atoms with Gasteiger partial charge >= 0.3 is 5.97 Å². The summed E-state index contributed by atoms with van der Waals surface area (Å²) in [5.41, 5.74) is 1.41. The molecule has 0 N–H and O–H groups in total. The van der Waals surface area contributed by atoms with E-state index in [0.717, 1.165) is 14.3 Å². The van der Waals surface area contributed by atoms with Gasteiger partial charge < -0.3 is 4.74 Å². The molecule has 24 heavy (non-hydrogen) atoms. The molecular formula is C17H18BrNO4S. The second kappa shape index (κ2) is 7.81. The first kappa shape index (κ1) is 18.5. The van der Waals surface area contributed by atoms with Crippen molar-refractivity contribution in [2.24, 2.45) is 0 Å². The molecule has 0 unspecified atom stereocenters. The van der Waals surface area contributed by atoms with Gasteiger partial charge in [0.25, 0.3) is 10.0 Å². The van der Waals surface area contributed by atoms with Crippen molar-refractivity contribution in [3.05, 3.63) is 58.6 Å². The zero-order valence-corrected chi connectivity index (χ0v) is 15.8. The number of halogens is 1. The van der Waals surface area contributed by atoms with Crippen molar-refractivity contribution in [2.75, 3.05) is 17.5 Å². The van der Waals surface area contributed by atoms with Crippen molar-refractivity contribution in [2.45, 2.75) is 18.7 Å². The first-order chi connectivity index (χ1) is 11.3. The standard InChI is InChI=1S/C17H18BrNO4S/c1-3-23-17(20)12-19(15-8-4-13(2)5-9-15)24(21,22)16-10-6-14(18)7-11-16/h4-11H,3,12H2,1-2H3. The Kier molecular flexibility index (Phi) is 6.01. The van der Waals surface area contributed by atoms with Gasteiger partial charge in [0, 0.05) is 4.47 Å². The van der Waals surface area contributed by atoms with Gasteiger partial charge in [0.2, 0.25) is 0 Å². The van der Waals surface area contributed by atoms with Gasteiger partial charge in [0.1, 0.15) is 6.54 Å². The molecule has 0 saturated heterocycles. The number of hydrogen-bond donors (Lipinski definition) is 0. The molecule has 2 aromatic carbocycles. The smallest absolute Gasteiger partial charge is 0.326 e. The van der Waals surface area contributed by atoms with Gasteiger partial charge in [-0.2, -0.15) is 0 Å². The monoisotopic (exact) mass is 411 g/mol. The van der Waals surface area contributed by atoms with Gasteiger partial charge in [-0.05, 0) is 50.2 Å². The predicted octanol–water partition coefficient (Wildman–Crippen LogP) is 3.52. The number of esters is 1. The van der Waals surface area contributed by atoms with Crippen LogP contribution in [0.15, 0.2) is 57.9 Å². The summed E-state index contributed by atoms with van der Waals surface area (Å²) in [4.78, 5) is 12.0. The average molecular weight is 412 g/mol. The molecule has 0 heterocycles. The number of nitrogens with zero attached hydrogens (tertiary/aromatic N) is 1. The number of rotatable bonds is 6. The molecule has 0 radical (unpaired) electrons. The molecule has 0 saturated carbocycles. The highest BCUT2D eigenvalue weighted by Gasteiger charge is 2.27. The lowest BCUT2D eigenvalue weighted by molar-refractivity contribution is -0.141. The molecule has 0 aliphatic heterocycles. The van der Waals surface area contributed by atoms with E-state index in [1.807, 2.05) is 6.92 Å². The van der Waals surface area contributed by atoms with E-state index in [2.05, 4.69) is 15.9 Å². The first-order valence-electron chi connectivity index (χ1n) is 7.35. The van der Waals surface area contributed by atoms with Crippen molar-refractivity contribution >= 4 is 37.6 Å². The highest BCUT2D eigenvalue weighted by atomic mass is 79.9. The highest BCUT2D eigenvalue weighted by molar-refractivity contribution is 9.10. The second-order valence-corrected chi connectivity index (χ2v) is 7.88. The fourth-order valence-corrected chi connectivity index (χ4v) is 3.76. The summed E-state index contributed by atoms with van der Waals surface area (Å²) in [5, 5.41) is 0. The number of hydrogen-bond acceptors (Lipinski definition) is 4. The number of sulfonamides is 1. The van der Waals surface area contributed by atoms with Crippen LogP contribution < -0.4 is 4.31 Å². The Bertz CT molecular complexity index is 801. The van der Waals surface area contributed by atoms with Crippen LogP contribution in [0, 0.1) is 6.92 Å². The molecule has 2 rings (SSSR count). The molecular weight excluding hydrogens is 394 g/mol. The van der Waals surface area contributed by atoms with Crippen molar-refractivity contribution in [3.63, 3.8) is 0 Å². The number of aryl methyl sites for hydroxylation is 1. The predicted molar refractivity (Wildman–Crippen MR) is 96.5 cm³/mol. The third kappa shape index (κ3) is 4.36. The topological polar surface area (TPSA) is 63.7 Å². The number of carbonyl (C=O) groups is 1. The van der Waals surface area contributed by atoms with Gasteiger partial charge in [-0.3, -0.25) is 9.10 Å². The van der Waals surface area contributed by atoms with Crippen LogP contribution >= 0.6 is 15.9 Å². The Morgan fingerprint density at radius 2 is 1.67 bits per heavy atom. The van der Waals surface area contributed by atoms with E-state index >= 15 is 0 Å². The summed E-state index contributed by atoms with van der Waals surface area (Å²) in [7, 11) is -3.89. The molecule has 0 bridgehead atoms. The minimum Gasteiger partial charge on any atom is -0.465 e. The van der Waals surface area contributed by atoms with Crippen LogP contribution in [0.25, 0.3) is 0 Å². The fourth-order valence-electron chi connectivity index (χ4n) is 2.08. The maximum absolute atomic E-state index is 13.0. The van der Waals surface area contributed by atoms with Crippen molar-refractivity contribution in [1.29, 1.82) is 0 Å². The first-order valence-corrected chi connectivity index (χ1v) is 9.58. The van der Waals surface area contributed by atoms with E-state index in [-0.39, 0.29) is 18.0 Å². The number of carbonyl (C=O) groups excluding carboxylic acids is 1. The number of benzene rings is 2. The largest absolute Gasteiger partial charge is 0.465 e. The van der Waals surface area contributed by atoms with Gasteiger partial charge in [0.15, 0.2) is 0 Å². The summed E-state index contributed by atoms with van der Waals surface area (Å²) >= 11 is 3.28. The number of anilines is 1. The third-order valence-electron chi connectivity index (χ3n) is 3.30. The molecule has 5 nitrogen and oxygen atoms in total. The normalized spacial score (nSPS) is 11.1. The minimum atomic E-state index is -3.89. The molecule has 0 aliphatic carbocycles. The minimum absolute atomic E-state index is 0.107. The molecule has 2 aromatic rings. The lowest BCUT2D eigenvalue weighted by Gasteiger charge is -2.23. The zero-order chi connectivity index (χ0) is 17.7. The Labute approximate surface area is 150 Å². The quantitative estimate of drug-likeness (QED) is 0.682.